The van der Waals surface area contributed by atoms with Crippen LogP contribution in [0.25, 0.3) is 22.0 Å². The quantitative estimate of drug-likeness (QED) is 0.393. The first-order chi connectivity index (χ1) is 12.0. The minimum atomic E-state index is -1.54. The molecule has 0 spiro atoms. The number of aromatic nitrogens is 2. The topological polar surface area (TPSA) is 139 Å². The number of rotatable bonds is 3. The maximum Gasteiger partial charge on any atom is 0.488 e. The molecule has 2 heterocycles. The zero-order valence-corrected chi connectivity index (χ0v) is 13.3. The van der Waals surface area contributed by atoms with Crippen molar-refractivity contribution >= 4 is 35.8 Å². The minimum Gasteiger partial charge on any atom is -0.496 e. The highest BCUT2D eigenvalue weighted by Crippen LogP contribution is 2.30. The highest BCUT2D eigenvalue weighted by atomic mass is 16.5. The first-order valence-corrected chi connectivity index (χ1v) is 7.14. The Kier molecular flexibility index (Phi) is 5.88. The normalized spacial score (nSPS) is 9.88. The van der Waals surface area contributed by atoms with Crippen LogP contribution >= 0.6 is 0 Å². The number of fused-ring (bicyclic) bond motifs is 1. The highest BCUT2D eigenvalue weighted by molar-refractivity contribution is 6.58. The molecule has 1 aromatic carbocycles. The highest BCUT2D eigenvalue weighted by Gasteiger charge is 2.15. The molecule has 0 unspecified atom stereocenters. The summed E-state index contributed by atoms with van der Waals surface area (Å²) in [6.45, 7) is -0.250. The van der Waals surface area contributed by atoms with E-state index in [-0.39, 0.29) is 6.47 Å². The molecule has 0 radical (unpaired) electrons. The fraction of sp³-hybridized carbons (Fsp3) is 0.0625. The van der Waals surface area contributed by atoms with Gasteiger partial charge in [0.2, 0.25) is 0 Å². The Bertz CT molecular complexity index is 889. The second-order valence-corrected chi connectivity index (χ2v) is 4.93. The lowest BCUT2D eigenvalue weighted by Gasteiger charge is -2.11. The number of benzene rings is 1. The van der Waals surface area contributed by atoms with Crippen molar-refractivity contribution in [3.63, 3.8) is 0 Å². The molecule has 8 nitrogen and oxygen atoms in total. The summed E-state index contributed by atoms with van der Waals surface area (Å²) >= 11 is 0. The van der Waals surface area contributed by atoms with Gasteiger partial charge >= 0.3 is 7.12 Å². The van der Waals surface area contributed by atoms with Gasteiger partial charge in [0.05, 0.1) is 7.11 Å². The Morgan fingerprint density at radius 2 is 1.92 bits per heavy atom. The van der Waals surface area contributed by atoms with Crippen LogP contribution in [0, 0.1) is 0 Å². The molecule has 25 heavy (non-hydrogen) atoms. The number of hydrogen-bond donors (Lipinski definition) is 4. The van der Waals surface area contributed by atoms with Crippen LogP contribution in [0.4, 0.5) is 5.82 Å². The average Bonchev–Trinajstić information content (AvgIpc) is 2.61. The van der Waals surface area contributed by atoms with Crippen LogP contribution in [-0.4, -0.2) is 45.8 Å². The molecule has 3 aromatic rings. The van der Waals surface area contributed by atoms with E-state index in [1.165, 1.54) is 0 Å². The zero-order valence-electron chi connectivity index (χ0n) is 13.3. The third-order valence-corrected chi connectivity index (χ3v) is 3.46. The van der Waals surface area contributed by atoms with E-state index >= 15 is 0 Å². The van der Waals surface area contributed by atoms with Crippen LogP contribution < -0.4 is 15.9 Å². The van der Waals surface area contributed by atoms with Gasteiger partial charge in [-0.2, -0.15) is 0 Å². The van der Waals surface area contributed by atoms with E-state index in [2.05, 4.69) is 9.97 Å². The van der Waals surface area contributed by atoms with E-state index in [9.17, 15) is 10.0 Å². The van der Waals surface area contributed by atoms with Crippen molar-refractivity contribution in [3.8, 4) is 16.9 Å². The number of nitrogens with zero attached hydrogens (tertiary/aromatic N) is 2. The summed E-state index contributed by atoms with van der Waals surface area (Å²) in [5.74, 6) is 0.989. The Labute approximate surface area is 143 Å². The predicted octanol–water partition coefficient (Wildman–Crippen LogP) is 0.268. The lowest BCUT2D eigenvalue weighted by molar-refractivity contribution is -0.122. The fourth-order valence-corrected chi connectivity index (χ4v) is 2.34. The number of pyridine rings is 2. The van der Waals surface area contributed by atoms with Crippen molar-refractivity contribution in [2.75, 3.05) is 12.8 Å². The summed E-state index contributed by atoms with van der Waals surface area (Å²) in [6.07, 6.45) is 3.28. The van der Waals surface area contributed by atoms with Gasteiger partial charge in [-0.1, -0.05) is 12.1 Å². The second kappa shape index (κ2) is 8.09. The Morgan fingerprint density at radius 3 is 2.56 bits per heavy atom. The van der Waals surface area contributed by atoms with Crippen molar-refractivity contribution < 1.29 is 24.7 Å². The molecular weight excluding hydrogens is 325 g/mol. The van der Waals surface area contributed by atoms with Crippen molar-refractivity contribution in [2.45, 2.75) is 0 Å². The van der Waals surface area contributed by atoms with Crippen molar-refractivity contribution in [2.24, 2.45) is 0 Å². The number of nitrogens with two attached hydrogens (primary N) is 1. The van der Waals surface area contributed by atoms with Crippen LogP contribution in [0.2, 0.25) is 0 Å². The van der Waals surface area contributed by atoms with Gasteiger partial charge in [-0.05, 0) is 23.7 Å². The molecule has 0 fully saturated rings. The summed E-state index contributed by atoms with van der Waals surface area (Å²) in [7, 11) is 0.0162. The van der Waals surface area contributed by atoms with E-state index in [1.54, 1.807) is 37.7 Å². The zero-order chi connectivity index (χ0) is 18.4. The van der Waals surface area contributed by atoms with Crippen molar-refractivity contribution in [1.82, 2.24) is 9.97 Å². The Morgan fingerprint density at radius 1 is 1.20 bits per heavy atom. The molecule has 5 N–H and O–H groups in total. The Balaban J connectivity index is 0.000000701. The number of carbonyl (C=O) groups is 1. The van der Waals surface area contributed by atoms with Gasteiger partial charge in [0, 0.05) is 28.9 Å². The van der Waals surface area contributed by atoms with Crippen LogP contribution in [0.3, 0.4) is 0 Å². The lowest BCUT2D eigenvalue weighted by atomic mass is 9.79. The van der Waals surface area contributed by atoms with E-state index < -0.39 is 7.12 Å². The predicted molar refractivity (Wildman–Crippen MR) is 94.5 cm³/mol. The summed E-state index contributed by atoms with van der Waals surface area (Å²) in [4.78, 5) is 16.7. The third kappa shape index (κ3) is 4.03. The molecule has 128 valence electrons. The molecule has 9 heteroatoms. The maximum atomic E-state index is 9.34. The number of nitrogen functional groups attached to an aromatic ring is 1. The molecule has 0 saturated carbocycles. The first kappa shape index (κ1) is 18.2. The smallest absolute Gasteiger partial charge is 0.488 e. The van der Waals surface area contributed by atoms with Gasteiger partial charge in [0.15, 0.2) is 0 Å². The molecule has 0 amide bonds. The van der Waals surface area contributed by atoms with E-state index in [1.807, 2.05) is 12.1 Å². The van der Waals surface area contributed by atoms with Crippen LogP contribution in [0.1, 0.15) is 0 Å². The summed E-state index contributed by atoms with van der Waals surface area (Å²) in [5.41, 5.74) is 8.32. The maximum absolute atomic E-state index is 9.34. The number of anilines is 1. The van der Waals surface area contributed by atoms with Gasteiger partial charge in [-0.15, -0.1) is 0 Å². The molecular formula is C16H16BN3O5. The van der Waals surface area contributed by atoms with Crippen molar-refractivity contribution in [3.05, 3.63) is 42.7 Å². The molecule has 2 aromatic heterocycles. The fourth-order valence-electron chi connectivity index (χ4n) is 2.34. The largest absolute Gasteiger partial charge is 0.496 e. The molecule has 0 saturated heterocycles. The minimum absolute atomic E-state index is 0.250. The SMILES string of the molecule is COc1ccc(B(O)O)cc1-c1cnc2c(N)nccc2c1.O=CO. The number of methoxy groups -OCH3 is 1. The van der Waals surface area contributed by atoms with E-state index in [0.29, 0.717) is 22.5 Å². The number of hydrogen-bond acceptors (Lipinski definition) is 7. The van der Waals surface area contributed by atoms with Crippen LogP contribution in [0.15, 0.2) is 42.7 Å². The summed E-state index contributed by atoms with van der Waals surface area (Å²) < 4.78 is 5.34. The van der Waals surface area contributed by atoms with Crippen LogP contribution in [-0.2, 0) is 4.79 Å². The molecule has 0 atom stereocenters. The standard InChI is InChI=1S/C15H14BN3O3.CH2O2/c1-22-13-3-2-11(16(20)21)7-12(13)10-6-9-4-5-18-15(17)14(9)19-8-10;2-1-3/h2-8,20-21H,1H3,(H2,17,18);1H,(H,2,3). The number of carboxylic acid groups (broad SMARTS) is 1. The van der Waals surface area contributed by atoms with Gasteiger partial charge < -0.3 is 25.6 Å². The molecule has 0 aliphatic carbocycles. The summed E-state index contributed by atoms with van der Waals surface area (Å²) in [5, 5.41) is 26.4. The van der Waals surface area contributed by atoms with E-state index in [4.69, 9.17) is 20.4 Å². The van der Waals surface area contributed by atoms with Gasteiger partial charge in [-0.3, -0.25) is 9.78 Å². The van der Waals surface area contributed by atoms with Crippen molar-refractivity contribution in [1.29, 1.82) is 0 Å². The van der Waals surface area contributed by atoms with Gasteiger partial charge in [0.25, 0.3) is 6.47 Å². The summed E-state index contributed by atoms with van der Waals surface area (Å²) in [6, 6.07) is 8.68. The second-order valence-electron chi connectivity index (χ2n) is 4.93. The average molecular weight is 341 g/mol. The lowest BCUT2D eigenvalue weighted by Crippen LogP contribution is -2.29. The first-order valence-electron chi connectivity index (χ1n) is 7.14. The van der Waals surface area contributed by atoms with E-state index in [0.717, 1.165) is 16.5 Å². The third-order valence-electron chi connectivity index (χ3n) is 3.46. The molecule has 3 rings (SSSR count). The van der Waals surface area contributed by atoms with Crippen LogP contribution in [0.5, 0.6) is 5.75 Å². The van der Waals surface area contributed by atoms with Gasteiger partial charge in [0.1, 0.15) is 17.1 Å². The van der Waals surface area contributed by atoms with Gasteiger partial charge in [-0.25, -0.2) is 4.98 Å². The molecule has 0 aliphatic rings. The Hall–Kier alpha value is -3.17. The number of ether oxygens (including phenoxy) is 1. The molecule has 0 aliphatic heterocycles. The molecule has 0 bridgehead atoms. The monoisotopic (exact) mass is 341 g/mol.